The van der Waals surface area contributed by atoms with Gasteiger partial charge in [0.2, 0.25) is 0 Å². The van der Waals surface area contributed by atoms with Crippen LogP contribution in [0.25, 0.3) is 11.1 Å². The molecule has 148 valence electrons. The summed E-state index contributed by atoms with van der Waals surface area (Å²) >= 11 is 0. The van der Waals surface area contributed by atoms with Crippen molar-refractivity contribution >= 4 is 17.5 Å². The van der Waals surface area contributed by atoms with Gasteiger partial charge >= 0.3 is 0 Å². The number of carbonyl (C=O) groups is 2. The Labute approximate surface area is 170 Å². The highest BCUT2D eigenvalue weighted by Crippen LogP contribution is 2.20. The van der Waals surface area contributed by atoms with E-state index in [1.165, 1.54) is 0 Å². The third kappa shape index (κ3) is 5.77. The van der Waals surface area contributed by atoms with Crippen LogP contribution in [0.1, 0.15) is 27.1 Å². The van der Waals surface area contributed by atoms with Crippen LogP contribution in [-0.2, 0) is 4.74 Å². The van der Waals surface area contributed by atoms with Crippen LogP contribution >= 0.6 is 0 Å². The average Bonchev–Trinajstić information content (AvgIpc) is 2.78. The first-order valence-electron chi connectivity index (χ1n) is 9.51. The van der Waals surface area contributed by atoms with Gasteiger partial charge in [-0.2, -0.15) is 0 Å². The van der Waals surface area contributed by atoms with Crippen molar-refractivity contribution in [3.05, 3.63) is 90.0 Å². The molecule has 0 aliphatic carbocycles. The lowest BCUT2D eigenvalue weighted by atomic mass is 10.0. The van der Waals surface area contributed by atoms with Crippen LogP contribution in [0.5, 0.6) is 0 Å². The molecule has 0 aliphatic heterocycles. The Kier molecular flexibility index (Phi) is 7.14. The average molecular weight is 388 g/mol. The summed E-state index contributed by atoms with van der Waals surface area (Å²) < 4.78 is 4.96. The Balaban J connectivity index is 1.57. The van der Waals surface area contributed by atoms with Gasteiger partial charge in [-0.05, 0) is 53.9 Å². The molecule has 3 aromatic rings. The first kappa shape index (κ1) is 20.3. The van der Waals surface area contributed by atoms with Gasteiger partial charge in [-0.25, -0.2) is 0 Å². The lowest BCUT2D eigenvalue weighted by Gasteiger charge is -2.08. The SMILES string of the molecule is COCCCNC(=O)c1ccc(NC(=O)c2ccc(-c3ccccc3)cc2)cc1. The number of rotatable bonds is 8. The molecule has 29 heavy (non-hydrogen) atoms. The number of methoxy groups -OCH3 is 1. The van der Waals surface area contributed by atoms with E-state index in [-0.39, 0.29) is 11.8 Å². The van der Waals surface area contributed by atoms with Gasteiger partial charge in [-0.1, -0.05) is 42.5 Å². The third-order valence-electron chi connectivity index (χ3n) is 4.47. The Hall–Kier alpha value is -3.44. The van der Waals surface area contributed by atoms with Crippen LogP contribution in [0.15, 0.2) is 78.9 Å². The van der Waals surface area contributed by atoms with Crippen molar-refractivity contribution < 1.29 is 14.3 Å². The molecule has 3 rings (SSSR count). The second-order valence-corrected chi connectivity index (χ2v) is 6.58. The van der Waals surface area contributed by atoms with E-state index in [4.69, 9.17) is 4.74 Å². The first-order chi connectivity index (χ1) is 14.2. The van der Waals surface area contributed by atoms with Crippen LogP contribution in [0.3, 0.4) is 0 Å². The van der Waals surface area contributed by atoms with Crippen molar-refractivity contribution in [1.82, 2.24) is 5.32 Å². The maximum Gasteiger partial charge on any atom is 0.255 e. The van der Waals surface area contributed by atoms with E-state index < -0.39 is 0 Å². The summed E-state index contributed by atoms with van der Waals surface area (Å²) in [6.45, 7) is 1.17. The van der Waals surface area contributed by atoms with E-state index in [0.29, 0.717) is 30.0 Å². The van der Waals surface area contributed by atoms with E-state index in [0.717, 1.165) is 17.5 Å². The van der Waals surface area contributed by atoms with Gasteiger partial charge in [0.15, 0.2) is 0 Å². The van der Waals surface area contributed by atoms with E-state index in [2.05, 4.69) is 10.6 Å². The number of carbonyl (C=O) groups excluding carboxylic acids is 2. The van der Waals surface area contributed by atoms with E-state index >= 15 is 0 Å². The van der Waals surface area contributed by atoms with Gasteiger partial charge in [0.1, 0.15) is 0 Å². The zero-order valence-corrected chi connectivity index (χ0v) is 16.4. The number of hydrogen-bond acceptors (Lipinski definition) is 3. The minimum atomic E-state index is -0.193. The predicted octanol–water partition coefficient (Wildman–Crippen LogP) is 4.37. The van der Waals surface area contributed by atoms with Gasteiger partial charge in [0.05, 0.1) is 0 Å². The molecule has 0 aliphatic rings. The molecular weight excluding hydrogens is 364 g/mol. The zero-order valence-electron chi connectivity index (χ0n) is 16.4. The van der Waals surface area contributed by atoms with Gasteiger partial charge in [-0.3, -0.25) is 9.59 Å². The molecule has 0 aromatic heterocycles. The fourth-order valence-corrected chi connectivity index (χ4v) is 2.87. The topological polar surface area (TPSA) is 67.4 Å². The molecule has 0 unspecified atom stereocenters. The zero-order chi connectivity index (χ0) is 20.5. The molecule has 3 aromatic carbocycles. The minimum Gasteiger partial charge on any atom is -0.385 e. The summed E-state index contributed by atoms with van der Waals surface area (Å²) in [6, 6.07) is 24.3. The minimum absolute atomic E-state index is 0.143. The lowest BCUT2D eigenvalue weighted by Crippen LogP contribution is -2.25. The summed E-state index contributed by atoms with van der Waals surface area (Å²) in [5.41, 5.74) is 3.92. The van der Waals surface area contributed by atoms with Gasteiger partial charge in [-0.15, -0.1) is 0 Å². The highest BCUT2D eigenvalue weighted by Gasteiger charge is 2.08. The van der Waals surface area contributed by atoms with Crippen molar-refractivity contribution in [2.24, 2.45) is 0 Å². The fourth-order valence-electron chi connectivity index (χ4n) is 2.87. The van der Waals surface area contributed by atoms with Crippen molar-refractivity contribution in [3.8, 4) is 11.1 Å². The number of hydrogen-bond donors (Lipinski definition) is 2. The number of anilines is 1. The molecule has 0 saturated carbocycles. The standard InChI is InChI=1S/C24H24N2O3/c1-29-17-5-16-25-23(27)20-12-14-22(15-13-20)26-24(28)21-10-8-19(9-11-21)18-6-3-2-4-7-18/h2-4,6-15H,5,16-17H2,1H3,(H,25,27)(H,26,28). The fraction of sp³-hybridized carbons (Fsp3) is 0.167. The Morgan fingerprint density at radius 1 is 0.759 bits per heavy atom. The van der Waals surface area contributed by atoms with E-state index in [1.807, 2.05) is 42.5 Å². The van der Waals surface area contributed by atoms with Crippen molar-refractivity contribution in [2.75, 3.05) is 25.6 Å². The second-order valence-electron chi connectivity index (χ2n) is 6.58. The maximum atomic E-state index is 12.5. The Morgan fingerprint density at radius 2 is 1.34 bits per heavy atom. The van der Waals surface area contributed by atoms with Gasteiger partial charge < -0.3 is 15.4 Å². The molecule has 2 amide bonds. The molecule has 0 spiro atoms. The summed E-state index contributed by atoms with van der Waals surface area (Å²) in [6.07, 6.45) is 0.763. The molecule has 0 atom stereocenters. The Morgan fingerprint density at radius 3 is 2.00 bits per heavy atom. The number of amides is 2. The van der Waals surface area contributed by atoms with Crippen LogP contribution in [0.4, 0.5) is 5.69 Å². The van der Waals surface area contributed by atoms with E-state index in [9.17, 15) is 9.59 Å². The smallest absolute Gasteiger partial charge is 0.255 e. The summed E-state index contributed by atoms with van der Waals surface area (Å²) in [7, 11) is 1.63. The molecule has 0 heterocycles. The lowest BCUT2D eigenvalue weighted by molar-refractivity contribution is 0.0948. The van der Waals surface area contributed by atoms with Gasteiger partial charge in [0.25, 0.3) is 11.8 Å². The summed E-state index contributed by atoms with van der Waals surface area (Å²) in [4.78, 5) is 24.6. The van der Waals surface area contributed by atoms with Crippen LogP contribution in [0, 0.1) is 0 Å². The normalized spacial score (nSPS) is 10.4. The molecule has 2 N–H and O–H groups in total. The molecule has 0 saturated heterocycles. The third-order valence-corrected chi connectivity index (χ3v) is 4.47. The molecule has 0 bridgehead atoms. The monoisotopic (exact) mass is 388 g/mol. The van der Waals surface area contributed by atoms with Gasteiger partial charge in [0, 0.05) is 37.1 Å². The molecule has 0 radical (unpaired) electrons. The molecule has 0 fully saturated rings. The number of ether oxygens (including phenoxy) is 1. The largest absolute Gasteiger partial charge is 0.385 e. The summed E-state index contributed by atoms with van der Waals surface area (Å²) in [5.74, 6) is -0.336. The molecular formula is C24H24N2O3. The second kappa shape index (κ2) is 10.2. The number of nitrogens with one attached hydrogen (secondary N) is 2. The number of benzene rings is 3. The first-order valence-corrected chi connectivity index (χ1v) is 9.51. The predicted molar refractivity (Wildman–Crippen MR) is 115 cm³/mol. The van der Waals surface area contributed by atoms with Crippen molar-refractivity contribution in [2.45, 2.75) is 6.42 Å². The maximum absolute atomic E-state index is 12.5. The van der Waals surface area contributed by atoms with Crippen molar-refractivity contribution in [3.63, 3.8) is 0 Å². The quantitative estimate of drug-likeness (QED) is 0.563. The molecule has 5 nitrogen and oxygen atoms in total. The van der Waals surface area contributed by atoms with Crippen LogP contribution < -0.4 is 10.6 Å². The highest BCUT2D eigenvalue weighted by atomic mass is 16.5. The van der Waals surface area contributed by atoms with Crippen LogP contribution in [0.2, 0.25) is 0 Å². The highest BCUT2D eigenvalue weighted by molar-refractivity contribution is 6.04. The van der Waals surface area contributed by atoms with Crippen LogP contribution in [-0.4, -0.2) is 32.1 Å². The summed E-state index contributed by atoms with van der Waals surface area (Å²) in [5, 5.41) is 5.69. The van der Waals surface area contributed by atoms with E-state index in [1.54, 1.807) is 43.5 Å². The molecule has 5 heteroatoms. The van der Waals surface area contributed by atoms with Crippen molar-refractivity contribution in [1.29, 1.82) is 0 Å². The Bertz CT molecular complexity index is 936.